The molecule has 0 N–H and O–H groups in total. The molecular weight excluding hydrogens is 386 g/mol. The Morgan fingerprint density at radius 1 is 1.11 bits per heavy atom. The second kappa shape index (κ2) is 7.71. The van der Waals surface area contributed by atoms with Crippen LogP contribution in [0.1, 0.15) is 19.3 Å². The van der Waals surface area contributed by atoms with E-state index in [2.05, 4.69) is 9.72 Å². The SMILES string of the molecule is O=C1CCCC1Sc1nc2ccccc2c(=O)n1-c1ccc(OC(F)F)cc1. The lowest BCUT2D eigenvalue weighted by Gasteiger charge is -2.15. The van der Waals surface area contributed by atoms with Gasteiger partial charge in [0.25, 0.3) is 5.56 Å². The van der Waals surface area contributed by atoms with E-state index < -0.39 is 6.61 Å². The number of ether oxygens (including phenoxy) is 1. The minimum atomic E-state index is -2.92. The zero-order valence-electron chi connectivity index (χ0n) is 14.7. The average Bonchev–Trinajstić information content (AvgIpc) is 3.07. The van der Waals surface area contributed by atoms with Crippen molar-refractivity contribution in [1.29, 1.82) is 0 Å². The first-order valence-electron chi connectivity index (χ1n) is 8.79. The summed E-state index contributed by atoms with van der Waals surface area (Å²) in [4.78, 5) is 29.8. The standard InChI is InChI=1S/C20H16F2N2O3S/c21-19(22)27-13-10-8-12(9-11-13)24-18(26)14-4-1-2-5-15(14)23-20(24)28-17-7-3-6-16(17)25/h1-2,4-5,8-11,17,19H,3,6-7H2. The van der Waals surface area contributed by atoms with E-state index >= 15 is 0 Å². The van der Waals surface area contributed by atoms with Crippen molar-refractivity contribution in [2.24, 2.45) is 0 Å². The van der Waals surface area contributed by atoms with E-state index in [4.69, 9.17) is 0 Å². The second-order valence-electron chi connectivity index (χ2n) is 6.39. The molecule has 0 radical (unpaired) electrons. The van der Waals surface area contributed by atoms with Crippen LogP contribution in [0.3, 0.4) is 0 Å². The lowest BCUT2D eigenvalue weighted by molar-refractivity contribution is -0.116. The van der Waals surface area contributed by atoms with Crippen molar-refractivity contribution in [3.63, 3.8) is 0 Å². The highest BCUT2D eigenvalue weighted by Gasteiger charge is 2.27. The van der Waals surface area contributed by atoms with Crippen LogP contribution in [0.5, 0.6) is 5.75 Å². The van der Waals surface area contributed by atoms with Gasteiger partial charge in [-0.2, -0.15) is 8.78 Å². The van der Waals surface area contributed by atoms with Crippen LogP contribution in [0.25, 0.3) is 16.6 Å². The van der Waals surface area contributed by atoms with Crippen molar-refractivity contribution in [1.82, 2.24) is 9.55 Å². The third-order valence-electron chi connectivity index (χ3n) is 4.56. The number of alkyl halides is 2. The Morgan fingerprint density at radius 2 is 1.86 bits per heavy atom. The van der Waals surface area contributed by atoms with Gasteiger partial charge in [-0.1, -0.05) is 23.9 Å². The first kappa shape index (κ1) is 18.6. The first-order chi connectivity index (χ1) is 13.5. The Balaban J connectivity index is 1.82. The van der Waals surface area contributed by atoms with Crippen LogP contribution in [0, 0.1) is 0 Å². The Kier molecular flexibility index (Phi) is 5.13. The van der Waals surface area contributed by atoms with Crippen LogP contribution < -0.4 is 10.3 Å². The summed E-state index contributed by atoms with van der Waals surface area (Å²) >= 11 is 1.28. The number of rotatable bonds is 5. The normalized spacial score (nSPS) is 16.8. The number of thioether (sulfide) groups is 1. The predicted octanol–water partition coefficient (Wildman–Crippen LogP) is 4.20. The third-order valence-corrected chi connectivity index (χ3v) is 5.83. The zero-order chi connectivity index (χ0) is 19.7. The number of para-hydroxylation sites is 1. The minimum absolute atomic E-state index is 0.000668. The van der Waals surface area contributed by atoms with Crippen molar-refractivity contribution in [3.8, 4) is 11.4 Å². The molecule has 2 aromatic carbocycles. The molecule has 0 spiro atoms. The first-order valence-corrected chi connectivity index (χ1v) is 9.67. The van der Waals surface area contributed by atoms with Crippen molar-refractivity contribution in [3.05, 3.63) is 58.9 Å². The topological polar surface area (TPSA) is 61.2 Å². The van der Waals surface area contributed by atoms with Crippen LogP contribution in [0.4, 0.5) is 8.78 Å². The van der Waals surface area contributed by atoms with Gasteiger partial charge in [-0.25, -0.2) is 4.98 Å². The lowest BCUT2D eigenvalue weighted by atomic mass is 10.2. The van der Waals surface area contributed by atoms with Gasteiger partial charge in [0, 0.05) is 6.42 Å². The van der Waals surface area contributed by atoms with E-state index in [0.29, 0.717) is 28.2 Å². The number of ketones is 1. The summed E-state index contributed by atoms with van der Waals surface area (Å²) in [6, 6.07) is 12.8. The Bertz CT molecular complexity index is 1080. The molecule has 0 saturated heterocycles. The molecule has 1 aromatic heterocycles. The maximum Gasteiger partial charge on any atom is 0.387 e. The average molecular weight is 402 g/mol. The van der Waals surface area contributed by atoms with Gasteiger partial charge in [-0.3, -0.25) is 14.2 Å². The predicted molar refractivity (Wildman–Crippen MR) is 102 cm³/mol. The third kappa shape index (κ3) is 3.64. The van der Waals surface area contributed by atoms with Gasteiger partial charge in [0.05, 0.1) is 21.8 Å². The molecule has 8 heteroatoms. The summed E-state index contributed by atoms with van der Waals surface area (Å²) in [5.74, 6) is 0.153. The number of fused-ring (bicyclic) bond motifs is 1. The van der Waals surface area contributed by atoms with Gasteiger partial charge >= 0.3 is 6.61 Å². The molecule has 28 heavy (non-hydrogen) atoms. The van der Waals surface area contributed by atoms with Crippen molar-refractivity contribution in [2.45, 2.75) is 36.3 Å². The largest absolute Gasteiger partial charge is 0.435 e. The van der Waals surface area contributed by atoms with Crippen molar-refractivity contribution < 1.29 is 18.3 Å². The maximum atomic E-state index is 13.1. The van der Waals surface area contributed by atoms with Gasteiger partial charge < -0.3 is 4.74 Å². The summed E-state index contributed by atoms with van der Waals surface area (Å²) in [6.45, 7) is -2.92. The molecule has 1 heterocycles. The number of benzene rings is 2. The van der Waals surface area contributed by atoms with Crippen LogP contribution in [0.2, 0.25) is 0 Å². The van der Waals surface area contributed by atoms with E-state index in [0.717, 1.165) is 12.8 Å². The van der Waals surface area contributed by atoms with Gasteiger partial charge in [-0.15, -0.1) is 0 Å². The van der Waals surface area contributed by atoms with Gasteiger partial charge in [0.15, 0.2) is 5.16 Å². The molecule has 1 aliphatic rings. The fraction of sp³-hybridized carbons (Fsp3) is 0.250. The van der Waals surface area contributed by atoms with Gasteiger partial charge in [0.1, 0.15) is 11.5 Å². The highest BCUT2D eigenvalue weighted by molar-refractivity contribution is 8.00. The fourth-order valence-corrected chi connectivity index (χ4v) is 4.46. The summed E-state index contributed by atoms with van der Waals surface area (Å²) in [5.41, 5.74) is 0.744. The molecule has 1 atom stereocenters. The molecule has 1 aliphatic carbocycles. The monoisotopic (exact) mass is 402 g/mol. The fourth-order valence-electron chi connectivity index (χ4n) is 3.23. The number of hydrogen-bond donors (Lipinski definition) is 0. The number of carbonyl (C=O) groups excluding carboxylic acids is 1. The summed E-state index contributed by atoms with van der Waals surface area (Å²) < 4.78 is 30.6. The molecule has 144 valence electrons. The smallest absolute Gasteiger partial charge is 0.387 e. The minimum Gasteiger partial charge on any atom is -0.435 e. The van der Waals surface area contributed by atoms with Crippen LogP contribution in [0.15, 0.2) is 58.5 Å². The number of Topliss-reactive ketones (excluding diaryl/α,β-unsaturated/α-hetero) is 1. The lowest BCUT2D eigenvalue weighted by Crippen LogP contribution is -2.23. The van der Waals surface area contributed by atoms with Crippen LogP contribution in [-0.4, -0.2) is 27.2 Å². The number of aromatic nitrogens is 2. The number of halogens is 2. The number of hydrogen-bond acceptors (Lipinski definition) is 5. The Morgan fingerprint density at radius 3 is 2.54 bits per heavy atom. The molecule has 0 bridgehead atoms. The number of nitrogens with zero attached hydrogens (tertiary/aromatic N) is 2. The van der Waals surface area contributed by atoms with E-state index in [-0.39, 0.29) is 22.3 Å². The molecule has 0 amide bonds. The summed E-state index contributed by atoms with van der Waals surface area (Å²) in [6.07, 6.45) is 2.11. The number of carbonyl (C=O) groups is 1. The molecule has 5 nitrogen and oxygen atoms in total. The van der Waals surface area contributed by atoms with Crippen LogP contribution in [-0.2, 0) is 4.79 Å². The quantitative estimate of drug-likeness (QED) is 0.599. The molecule has 4 rings (SSSR count). The van der Waals surface area contributed by atoms with E-state index in [1.165, 1.54) is 40.6 Å². The van der Waals surface area contributed by atoms with Crippen LogP contribution >= 0.6 is 11.8 Å². The molecule has 0 aliphatic heterocycles. The van der Waals surface area contributed by atoms with E-state index in [1.807, 2.05) is 0 Å². The van der Waals surface area contributed by atoms with Gasteiger partial charge in [-0.05, 0) is 49.2 Å². The van der Waals surface area contributed by atoms with Crippen molar-refractivity contribution >= 4 is 28.4 Å². The molecular formula is C20H16F2N2O3S. The Labute approximate surface area is 163 Å². The highest BCUT2D eigenvalue weighted by Crippen LogP contribution is 2.33. The van der Waals surface area contributed by atoms with E-state index in [1.54, 1.807) is 24.3 Å². The summed E-state index contributed by atoms with van der Waals surface area (Å²) in [7, 11) is 0. The molecule has 3 aromatic rings. The molecule has 1 unspecified atom stereocenters. The summed E-state index contributed by atoms with van der Waals surface area (Å²) in [5, 5.41) is 0.615. The molecule has 1 fully saturated rings. The van der Waals surface area contributed by atoms with Crippen molar-refractivity contribution in [2.75, 3.05) is 0 Å². The van der Waals surface area contributed by atoms with Gasteiger partial charge in [0.2, 0.25) is 0 Å². The second-order valence-corrected chi connectivity index (χ2v) is 7.56. The Hall–Kier alpha value is -2.74. The highest BCUT2D eigenvalue weighted by atomic mass is 32.2. The van der Waals surface area contributed by atoms with E-state index in [9.17, 15) is 18.4 Å². The molecule has 1 saturated carbocycles. The maximum absolute atomic E-state index is 13.1. The zero-order valence-corrected chi connectivity index (χ0v) is 15.5.